The van der Waals surface area contributed by atoms with Crippen molar-refractivity contribution in [2.24, 2.45) is 0 Å². The number of phenolic OH excluding ortho intramolecular Hbond substituents is 1. The molecule has 5 heteroatoms. The number of fused-ring (bicyclic) bond motifs is 1. The second kappa shape index (κ2) is 8.02. The van der Waals surface area contributed by atoms with Gasteiger partial charge in [0.15, 0.2) is 0 Å². The van der Waals surface area contributed by atoms with E-state index in [0.29, 0.717) is 12.2 Å². The van der Waals surface area contributed by atoms with Gasteiger partial charge in [-0.25, -0.2) is 0 Å². The first-order valence-electron chi connectivity index (χ1n) is 8.20. The van der Waals surface area contributed by atoms with Crippen LogP contribution in [0.2, 0.25) is 0 Å². The molecule has 0 amide bonds. The Bertz CT molecular complexity index is 674. The van der Waals surface area contributed by atoms with Crippen molar-refractivity contribution in [3.05, 3.63) is 36.4 Å². The van der Waals surface area contributed by atoms with E-state index in [9.17, 15) is 9.90 Å². The van der Waals surface area contributed by atoms with Gasteiger partial charge in [0.25, 0.3) is 6.47 Å². The summed E-state index contributed by atoms with van der Waals surface area (Å²) in [5.74, 6) is 0.380. The molecule has 1 saturated heterocycles. The minimum absolute atomic E-state index is 0.318. The number of ether oxygens (including phenoxy) is 1. The zero-order chi connectivity index (χ0) is 17.6. The van der Waals surface area contributed by atoms with Crippen LogP contribution < -0.4 is 10.2 Å². The predicted molar refractivity (Wildman–Crippen MR) is 97.6 cm³/mol. The van der Waals surface area contributed by atoms with Gasteiger partial charge in [0.2, 0.25) is 0 Å². The Labute approximate surface area is 143 Å². The number of rotatable bonds is 2. The van der Waals surface area contributed by atoms with Gasteiger partial charge in [-0.05, 0) is 32.2 Å². The summed E-state index contributed by atoms with van der Waals surface area (Å²) in [6.45, 7) is 9.76. The molecule has 2 aromatic carbocycles. The number of anilines is 1. The zero-order valence-electron chi connectivity index (χ0n) is 14.6. The third kappa shape index (κ3) is 4.86. The summed E-state index contributed by atoms with van der Waals surface area (Å²) in [6.07, 6.45) is 0. The topological polar surface area (TPSA) is 61.8 Å². The Morgan fingerprint density at radius 3 is 2.38 bits per heavy atom. The van der Waals surface area contributed by atoms with Crippen molar-refractivity contribution in [1.82, 2.24) is 5.32 Å². The average molecular weight is 330 g/mol. The standard InChI is InChI=1S/C14H16N2O.C5H10O2/c17-13-6-5-11-3-1-2-4-12(11)14(13)16-9-7-15-8-10-16;1-5(2,3)7-4-6/h1-6,15,17H,7-10H2;4H,1-3H3. The van der Waals surface area contributed by atoms with Crippen LogP contribution in [0.3, 0.4) is 0 Å². The number of phenols is 1. The summed E-state index contributed by atoms with van der Waals surface area (Å²) in [5, 5.41) is 15.7. The largest absolute Gasteiger partial charge is 0.506 e. The number of carbonyl (C=O) groups is 1. The molecule has 1 heterocycles. The smallest absolute Gasteiger partial charge is 0.293 e. The van der Waals surface area contributed by atoms with E-state index >= 15 is 0 Å². The summed E-state index contributed by atoms with van der Waals surface area (Å²) in [6, 6.07) is 12.0. The van der Waals surface area contributed by atoms with Crippen molar-refractivity contribution >= 4 is 22.9 Å². The maximum absolute atomic E-state index is 10.1. The first-order chi connectivity index (χ1) is 11.4. The third-order valence-electron chi connectivity index (χ3n) is 3.71. The number of hydrogen-bond donors (Lipinski definition) is 2. The fourth-order valence-electron chi connectivity index (χ4n) is 2.61. The van der Waals surface area contributed by atoms with Crippen LogP contribution in [0.5, 0.6) is 5.75 Å². The van der Waals surface area contributed by atoms with Crippen molar-refractivity contribution < 1.29 is 14.6 Å². The lowest BCUT2D eigenvalue weighted by Gasteiger charge is -2.30. The van der Waals surface area contributed by atoms with Crippen molar-refractivity contribution in [3.8, 4) is 5.75 Å². The third-order valence-corrected chi connectivity index (χ3v) is 3.71. The Morgan fingerprint density at radius 1 is 1.12 bits per heavy atom. The van der Waals surface area contributed by atoms with E-state index in [-0.39, 0.29) is 5.60 Å². The average Bonchev–Trinajstić information content (AvgIpc) is 2.55. The Balaban J connectivity index is 0.000000256. The molecule has 0 unspecified atom stereocenters. The number of nitrogens with zero attached hydrogens (tertiary/aromatic N) is 1. The molecule has 0 spiro atoms. The number of piperazine rings is 1. The van der Waals surface area contributed by atoms with Crippen LogP contribution in [0, 0.1) is 0 Å². The van der Waals surface area contributed by atoms with Crippen molar-refractivity contribution in [2.45, 2.75) is 26.4 Å². The lowest BCUT2D eigenvalue weighted by atomic mass is 10.1. The van der Waals surface area contributed by atoms with E-state index in [1.165, 1.54) is 5.39 Å². The second-order valence-electron chi connectivity index (χ2n) is 6.72. The predicted octanol–water partition coefficient (Wildman–Crippen LogP) is 2.91. The summed E-state index contributed by atoms with van der Waals surface area (Å²) in [4.78, 5) is 11.9. The van der Waals surface area contributed by atoms with E-state index < -0.39 is 0 Å². The first-order valence-corrected chi connectivity index (χ1v) is 8.20. The van der Waals surface area contributed by atoms with Crippen molar-refractivity contribution in [2.75, 3.05) is 31.1 Å². The Morgan fingerprint density at radius 2 is 1.79 bits per heavy atom. The quantitative estimate of drug-likeness (QED) is 0.829. The van der Waals surface area contributed by atoms with Crippen LogP contribution in [-0.2, 0) is 9.53 Å². The van der Waals surface area contributed by atoms with Gasteiger partial charge >= 0.3 is 0 Å². The lowest BCUT2D eigenvalue weighted by Crippen LogP contribution is -2.43. The molecule has 3 rings (SSSR count). The van der Waals surface area contributed by atoms with Gasteiger partial charge in [-0.2, -0.15) is 0 Å². The summed E-state index contributed by atoms with van der Waals surface area (Å²) < 4.78 is 4.55. The molecule has 130 valence electrons. The minimum atomic E-state index is -0.318. The van der Waals surface area contributed by atoms with E-state index in [0.717, 1.165) is 37.3 Å². The van der Waals surface area contributed by atoms with Crippen LogP contribution in [0.25, 0.3) is 10.8 Å². The molecule has 0 atom stereocenters. The van der Waals surface area contributed by atoms with Gasteiger partial charge in [0.1, 0.15) is 11.4 Å². The minimum Gasteiger partial charge on any atom is -0.506 e. The van der Waals surface area contributed by atoms with Gasteiger partial charge in [0, 0.05) is 31.6 Å². The molecule has 2 N–H and O–H groups in total. The molecule has 1 aliphatic rings. The van der Waals surface area contributed by atoms with Crippen LogP contribution in [0.15, 0.2) is 36.4 Å². The number of benzene rings is 2. The van der Waals surface area contributed by atoms with E-state index in [1.54, 1.807) is 6.07 Å². The maximum Gasteiger partial charge on any atom is 0.293 e. The maximum atomic E-state index is 10.1. The summed E-state index contributed by atoms with van der Waals surface area (Å²) in [7, 11) is 0. The van der Waals surface area contributed by atoms with E-state index in [1.807, 2.05) is 39.0 Å². The Kier molecular flexibility index (Phi) is 6.04. The van der Waals surface area contributed by atoms with E-state index in [4.69, 9.17) is 0 Å². The molecule has 0 aliphatic carbocycles. The van der Waals surface area contributed by atoms with Crippen LogP contribution in [-0.4, -0.2) is 43.4 Å². The normalized spacial score (nSPS) is 14.7. The highest BCUT2D eigenvalue weighted by Crippen LogP contribution is 2.35. The SMILES string of the molecule is CC(C)(C)OC=O.Oc1ccc2ccccc2c1N1CCNCC1. The molecule has 0 radical (unpaired) electrons. The fourth-order valence-corrected chi connectivity index (χ4v) is 2.61. The molecule has 2 aromatic rings. The van der Waals surface area contributed by atoms with Gasteiger partial charge in [0.05, 0.1) is 5.69 Å². The molecule has 5 nitrogen and oxygen atoms in total. The van der Waals surface area contributed by atoms with Gasteiger partial charge < -0.3 is 20.1 Å². The van der Waals surface area contributed by atoms with Crippen LogP contribution >= 0.6 is 0 Å². The number of nitrogens with one attached hydrogen (secondary N) is 1. The molecule has 0 saturated carbocycles. The molecule has 0 bridgehead atoms. The van der Waals surface area contributed by atoms with Gasteiger partial charge in [-0.1, -0.05) is 30.3 Å². The molecule has 24 heavy (non-hydrogen) atoms. The molecule has 0 aromatic heterocycles. The second-order valence-corrected chi connectivity index (χ2v) is 6.72. The van der Waals surface area contributed by atoms with E-state index in [2.05, 4.69) is 27.1 Å². The number of aromatic hydroxyl groups is 1. The lowest BCUT2D eigenvalue weighted by molar-refractivity contribution is -0.138. The Hall–Kier alpha value is -2.27. The molecule has 1 aliphatic heterocycles. The highest BCUT2D eigenvalue weighted by atomic mass is 16.5. The highest BCUT2D eigenvalue weighted by molar-refractivity contribution is 5.97. The molecular weight excluding hydrogens is 304 g/mol. The highest BCUT2D eigenvalue weighted by Gasteiger charge is 2.16. The first kappa shape index (κ1) is 18.1. The van der Waals surface area contributed by atoms with Gasteiger partial charge in [-0.3, -0.25) is 4.79 Å². The summed E-state index contributed by atoms with van der Waals surface area (Å²) in [5.41, 5.74) is 0.659. The fraction of sp³-hybridized carbons (Fsp3) is 0.421. The number of carbonyl (C=O) groups excluding carboxylic acids is 1. The molecule has 1 fully saturated rings. The molecular formula is C19H26N2O3. The van der Waals surface area contributed by atoms with Crippen LogP contribution in [0.1, 0.15) is 20.8 Å². The number of hydrogen-bond acceptors (Lipinski definition) is 5. The zero-order valence-corrected chi connectivity index (χ0v) is 14.6. The van der Waals surface area contributed by atoms with Crippen LogP contribution in [0.4, 0.5) is 5.69 Å². The monoisotopic (exact) mass is 330 g/mol. The van der Waals surface area contributed by atoms with Crippen molar-refractivity contribution in [1.29, 1.82) is 0 Å². The van der Waals surface area contributed by atoms with Gasteiger partial charge in [-0.15, -0.1) is 0 Å². The van der Waals surface area contributed by atoms with Crippen molar-refractivity contribution in [3.63, 3.8) is 0 Å². The summed E-state index contributed by atoms with van der Waals surface area (Å²) >= 11 is 0.